The topological polar surface area (TPSA) is 64.3 Å². The van der Waals surface area contributed by atoms with Crippen LogP contribution in [-0.2, 0) is 4.79 Å². The van der Waals surface area contributed by atoms with Crippen molar-refractivity contribution in [2.24, 2.45) is 5.73 Å². The number of amides is 1. The molecule has 152 valence electrons. The first-order valence-electron chi connectivity index (χ1n) is 9.49. The van der Waals surface area contributed by atoms with Crippen molar-refractivity contribution in [2.75, 3.05) is 19.0 Å². The van der Waals surface area contributed by atoms with Gasteiger partial charge in [0, 0.05) is 16.0 Å². The van der Waals surface area contributed by atoms with E-state index in [1.165, 1.54) is 10.4 Å². The van der Waals surface area contributed by atoms with Crippen molar-refractivity contribution in [3.05, 3.63) is 51.7 Å². The molecule has 3 N–H and O–H groups in total. The summed E-state index contributed by atoms with van der Waals surface area (Å²) in [6.07, 6.45) is 0.733. The van der Waals surface area contributed by atoms with Gasteiger partial charge in [-0.15, -0.1) is 20.6 Å². The Bertz CT molecular complexity index is 1050. The zero-order chi connectivity index (χ0) is 21.1. The molecule has 4 nitrogen and oxygen atoms in total. The molecule has 0 saturated carbocycles. The van der Waals surface area contributed by atoms with Crippen LogP contribution in [0.1, 0.15) is 28.8 Å². The Morgan fingerprint density at radius 3 is 2.55 bits per heavy atom. The average molecular weight is 427 g/mol. The molecule has 0 radical (unpaired) electrons. The molecule has 1 aromatic heterocycles. The summed E-state index contributed by atoms with van der Waals surface area (Å²) in [4.78, 5) is 12.6. The number of methoxy groups -OCH3 is 1. The van der Waals surface area contributed by atoms with Crippen molar-refractivity contribution < 1.29 is 9.53 Å². The molecule has 2 aromatic carbocycles. The normalized spacial score (nSPS) is 11.9. The zero-order valence-corrected chi connectivity index (χ0v) is 19.2. The molecule has 0 aliphatic carbocycles. The van der Waals surface area contributed by atoms with Crippen LogP contribution in [0.25, 0.3) is 22.3 Å². The molecule has 0 saturated heterocycles. The summed E-state index contributed by atoms with van der Waals surface area (Å²) in [7, 11) is 4.51. The quantitative estimate of drug-likeness (QED) is 0.420. The van der Waals surface area contributed by atoms with Crippen molar-refractivity contribution in [1.29, 1.82) is 0 Å². The lowest BCUT2D eigenvalue weighted by Gasteiger charge is -2.22. The van der Waals surface area contributed by atoms with Gasteiger partial charge in [-0.05, 0) is 77.4 Å². The fourth-order valence-corrected chi connectivity index (χ4v) is 4.96. The third-order valence-electron chi connectivity index (χ3n) is 5.30. The Morgan fingerprint density at radius 1 is 1.24 bits per heavy atom. The first kappa shape index (κ1) is 21.5. The minimum atomic E-state index is 0.280. The lowest BCUT2D eigenvalue weighted by molar-refractivity contribution is -0.105. The second kappa shape index (κ2) is 9.08. The van der Waals surface area contributed by atoms with Crippen LogP contribution in [-0.4, -0.2) is 20.1 Å². The summed E-state index contributed by atoms with van der Waals surface area (Å²) in [6.45, 7) is 6.80. The number of hydrogen-bond donors (Lipinski definition) is 2. The molecular formula is C23H27N2O2PS. The van der Waals surface area contributed by atoms with E-state index in [2.05, 4.69) is 58.0 Å². The molecule has 0 spiro atoms. The van der Waals surface area contributed by atoms with Gasteiger partial charge in [0.05, 0.1) is 12.8 Å². The Hall–Kier alpha value is -2.20. The number of carbonyl (C=O) groups is 1. The average Bonchev–Trinajstić information content (AvgIpc) is 3.13. The predicted octanol–water partition coefficient (Wildman–Crippen LogP) is 4.84. The van der Waals surface area contributed by atoms with E-state index >= 15 is 0 Å². The Labute approximate surface area is 178 Å². The standard InChI is InChI=1S/C23H27N2O2PS/c1-13-9-19(27-4)21(16-5-6-17(14(2)11-24)20(28)10-16)22(23(13)25-12-26)18-7-8-29-15(18)3/h5-10,12,14H,11,24,28H2,1-4H3,(H,25,26). The number of aryl methyl sites for hydroxylation is 2. The molecule has 3 rings (SSSR count). The van der Waals surface area contributed by atoms with Crippen molar-refractivity contribution in [3.63, 3.8) is 0 Å². The highest BCUT2D eigenvalue weighted by Gasteiger charge is 2.22. The lowest BCUT2D eigenvalue weighted by atomic mass is 9.89. The minimum absolute atomic E-state index is 0.280. The van der Waals surface area contributed by atoms with Gasteiger partial charge in [-0.1, -0.05) is 19.1 Å². The van der Waals surface area contributed by atoms with Crippen molar-refractivity contribution >= 4 is 38.0 Å². The van der Waals surface area contributed by atoms with Crippen LogP contribution < -0.4 is 21.1 Å². The molecule has 0 fully saturated rings. The highest BCUT2D eigenvalue weighted by Crippen LogP contribution is 2.47. The molecule has 3 aromatic rings. The van der Waals surface area contributed by atoms with Crippen LogP contribution in [0, 0.1) is 13.8 Å². The van der Waals surface area contributed by atoms with E-state index in [0.717, 1.165) is 51.0 Å². The Kier molecular flexibility index (Phi) is 6.74. The van der Waals surface area contributed by atoms with Crippen LogP contribution >= 0.6 is 20.6 Å². The number of benzene rings is 2. The molecule has 2 atom stereocenters. The Balaban J connectivity index is 2.36. The monoisotopic (exact) mass is 426 g/mol. The van der Waals surface area contributed by atoms with Crippen LogP contribution in [0.4, 0.5) is 5.69 Å². The van der Waals surface area contributed by atoms with E-state index in [1.807, 2.05) is 13.0 Å². The smallest absolute Gasteiger partial charge is 0.211 e. The van der Waals surface area contributed by atoms with Gasteiger partial charge in [-0.2, -0.15) is 0 Å². The second-order valence-corrected chi connectivity index (χ2v) is 8.90. The van der Waals surface area contributed by atoms with E-state index in [0.29, 0.717) is 6.54 Å². The maximum absolute atomic E-state index is 11.4. The number of ether oxygens (including phenoxy) is 1. The van der Waals surface area contributed by atoms with Crippen LogP contribution in [0.5, 0.6) is 5.75 Å². The summed E-state index contributed by atoms with van der Waals surface area (Å²) >= 11 is 1.69. The summed E-state index contributed by atoms with van der Waals surface area (Å²) < 4.78 is 5.79. The fraction of sp³-hybridized carbons (Fsp3) is 0.261. The molecule has 1 amide bonds. The number of nitrogens with one attached hydrogen (secondary N) is 1. The molecular weight excluding hydrogens is 399 g/mol. The number of anilines is 1. The van der Waals surface area contributed by atoms with Gasteiger partial charge in [0.1, 0.15) is 5.75 Å². The summed E-state index contributed by atoms with van der Waals surface area (Å²) in [6, 6.07) is 10.5. The van der Waals surface area contributed by atoms with Crippen molar-refractivity contribution in [2.45, 2.75) is 26.7 Å². The van der Waals surface area contributed by atoms with Crippen molar-refractivity contribution in [1.82, 2.24) is 0 Å². The summed E-state index contributed by atoms with van der Waals surface area (Å²) in [5.74, 6) is 1.06. The van der Waals surface area contributed by atoms with Gasteiger partial charge >= 0.3 is 0 Å². The van der Waals surface area contributed by atoms with E-state index in [1.54, 1.807) is 18.4 Å². The first-order chi connectivity index (χ1) is 13.9. The van der Waals surface area contributed by atoms with Gasteiger partial charge in [-0.3, -0.25) is 4.79 Å². The number of carbonyl (C=O) groups excluding carboxylic acids is 1. The maximum Gasteiger partial charge on any atom is 0.211 e. The second-order valence-electron chi connectivity index (χ2n) is 7.15. The molecule has 0 aliphatic heterocycles. The van der Waals surface area contributed by atoms with Crippen LogP contribution in [0.2, 0.25) is 0 Å². The fourth-order valence-electron chi connectivity index (χ4n) is 3.70. The van der Waals surface area contributed by atoms with Crippen LogP contribution in [0.15, 0.2) is 35.7 Å². The van der Waals surface area contributed by atoms with Gasteiger partial charge in [-0.25, -0.2) is 0 Å². The van der Waals surface area contributed by atoms with E-state index in [9.17, 15) is 4.79 Å². The largest absolute Gasteiger partial charge is 0.496 e. The van der Waals surface area contributed by atoms with E-state index < -0.39 is 0 Å². The molecule has 29 heavy (non-hydrogen) atoms. The third kappa shape index (κ3) is 4.09. The van der Waals surface area contributed by atoms with Gasteiger partial charge in [0.15, 0.2) is 0 Å². The van der Waals surface area contributed by atoms with Gasteiger partial charge in [0.25, 0.3) is 0 Å². The number of hydrogen-bond acceptors (Lipinski definition) is 4. The van der Waals surface area contributed by atoms with Gasteiger partial charge in [0.2, 0.25) is 6.41 Å². The van der Waals surface area contributed by atoms with E-state index in [4.69, 9.17) is 10.5 Å². The number of rotatable bonds is 7. The molecule has 0 aliphatic rings. The molecule has 0 bridgehead atoms. The predicted molar refractivity (Wildman–Crippen MR) is 128 cm³/mol. The molecule has 1 heterocycles. The lowest BCUT2D eigenvalue weighted by Crippen LogP contribution is -2.14. The molecule has 6 heteroatoms. The summed E-state index contributed by atoms with van der Waals surface area (Å²) in [5.41, 5.74) is 12.9. The molecule has 2 unspecified atom stereocenters. The first-order valence-corrected chi connectivity index (χ1v) is 10.9. The number of thiophene rings is 1. The number of nitrogens with two attached hydrogens (primary N) is 1. The highest BCUT2D eigenvalue weighted by molar-refractivity contribution is 7.27. The maximum atomic E-state index is 11.4. The van der Waals surface area contributed by atoms with E-state index in [-0.39, 0.29) is 5.92 Å². The highest BCUT2D eigenvalue weighted by atomic mass is 32.1. The minimum Gasteiger partial charge on any atom is -0.496 e. The van der Waals surface area contributed by atoms with Crippen LogP contribution in [0.3, 0.4) is 0 Å². The SMILES string of the molecule is COc1cc(C)c(NC=O)c(-c2ccsc2C)c1-c1ccc(C(C)CN)c(P)c1. The van der Waals surface area contributed by atoms with Gasteiger partial charge < -0.3 is 15.8 Å². The third-order valence-corrected chi connectivity index (χ3v) is 6.65. The Morgan fingerprint density at radius 2 is 2.00 bits per heavy atom. The zero-order valence-electron chi connectivity index (χ0n) is 17.2. The van der Waals surface area contributed by atoms with Crippen molar-refractivity contribution in [3.8, 4) is 28.0 Å². The summed E-state index contributed by atoms with van der Waals surface area (Å²) in [5, 5.41) is 6.10.